The van der Waals surface area contributed by atoms with Gasteiger partial charge in [-0.3, -0.25) is 0 Å². The van der Waals surface area contributed by atoms with Crippen LogP contribution >= 0.6 is 27.5 Å². The lowest BCUT2D eigenvalue weighted by atomic mass is 10.2. The molecule has 0 aliphatic carbocycles. The standard InChI is InChI=1S/C12H13BrClN3/c1-3-11(14)12-7-17(16-15-12)9-5-4-8(2)10(13)6-9/h4-7,11H,3H2,1-2H3. The van der Waals surface area contributed by atoms with Crippen molar-refractivity contribution >= 4 is 27.5 Å². The van der Waals surface area contributed by atoms with Gasteiger partial charge in [0.15, 0.2) is 0 Å². The number of nitrogens with zero attached hydrogens (tertiary/aromatic N) is 3. The van der Waals surface area contributed by atoms with Crippen LogP contribution in [0, 0.1) is 6.92 Å². The fourth-order valence-electron chi connectivity index (χ4n) is 1.48. The lowest BCUT2D eigenvalue weighted by Crippen LogP contribution is -1.95. The molecule has 0 amide bonds. The largest absolute Gasteiger partial charge is 0.220 e. The quantitative estimate of drug-likeness (QED) is 0.801. The van der Waals surface area contributed by atoms with E-state index in [1.807, 2.05) is 38.2 Å². The van der Waals surface area contributed by atoms with E-state index in [2.05, 4.69) is 26.2 Å². The van der Waals surface area contributed by atoms with Gasteiger partial charge < -0.3 is 0 Å². The van der Waals surface area contributed by atoms with Gasteiger partial charge in [-0.1, -0.05) is 34.1 Å². The van der Waals surface area contributed by atoms with Crippen molar-refractivity contribution in [3.63, 3.8) is 0 Å². The molecular formula is C12H13BrClN3. The van der Waals surface area contributed by atoms with Crippen LogP contribution in [0.5, 0.6) is 0 Å². The van der Waals surface area contributed by atoms with Crippen LogP contribution in [0.25, 0.3) is 5.69 Å². The molecule has 1 aromatic heterocycles. The lowest BCUT2D eigenvalue weighted by Gasteiger charge is -2.03. The molecule has 0 saturated heterocycles. The molecule has 3 nitrogen and oxygen atoms in total. The van der Waals surface area contributed by atoms with Crippen molar-refractivity contribution in [2.45, 2.75) is 25.6 Å². The zero-order valence-corrected chi connectivity index (χ0v) is 12.0. The molecule has 1 unspecified atom stereocenters. The van der Waals surface area contributed by atoms with Crippen molar-refractivity contribution in [3.05, 3.63) is 40.1 Å². The number of hydrogen-bond donors (Lipinski definition) is 0. The van der Waals surface area contributed by atoms with Gasteiger partial charge in [0.2, 0.25) is 0 Å². The van der Waals surface area contributed by atoms with E-state index < -0.39 is 0 Å². The summed E-state index contributed by atoms with van der Waals surface area (Å²) in [5.41, 5.74) is 2.98. The first-order valence-electron chi connectivity index (χ1n) is 5.44. The predicted molar refractivity (Wildman–Crippen MR) is 72.7 cm³/mol. The molecule has 2 rings (SSSR count). The first-order valence-corrected chi connectivity index (χ1v) is 6.67. The molecule has 0 bridgehead atoms. The molecule has 0 aliphatic heterocycles. The highest BCUT2D eigenvalue weighted by Crippen LogP contribution is 2.23. The summed E-state index contributed by atoms with van der Waals surface area (Å²) < 4.78 is 2.80. The van der Waals surface area contributed by atoms with Crippen LogP contribution in [0.15, 0.2) is 28.9 Å². The third kappa shape index (κ3) is 2.69. The Hall–Kier alpha value is -0.870. The maximum Gasteiger partial charge on any atom is 0.101 e. The summed E-state index contributed by atoms with van der Waals surface area (Å²) >= 11 is 9.63. The van der Waals surface area contributed by atoms with Gasteiger partial charge in [-0.25, -0.2) is 4.68 Å². The first kappa shape index (κ1) is 12.6. The highest BCUT2D eigenvalue weighted by atomic mass is 79.9. The summed E-state index contributed by atoms with van der Waals surface area (Å²) in [6.07, 6.45) is 2.72. The van der Waals surface area contributed by atoms with Crippen LogP contribution in [0.4, 0.5) is 0 Å². The van der Waals surface area contributed by atoms with E-state index in [0.717, 1.165) is 22.3 Å². The minimum absolute atomic E-state index is 0.0716. The number of rotatable bonds is 3. The fourth-order valence-corrected chi connectivity index (χ4v) is 1.95. The average molecular weight is 315 g/mol. The Balaban J connectivity index is 2.33. The van der Waals surface area contributed by atoms with E-state index >= 15 is 0 Å². The first-order chi connectivity index (χ1) is 8.11. The van der Waals surface area contributed by atoms with Crippen LogP contribution in [0.1, 0.15) is 30.0 Å². The van der Waals surface area contributed by atoms with Crippen molar-refractivity contribution in [2.75, 3.05) is 0 Å². The van der Waals surface area contributed by atoms with Gasteiger partial charge >= 0.3 is 0 Å². The molecule has 0 N–H and O–H groups in total. The Kier molecular flexibility index (Phi) is 3.84. The topological polar surface area (TPSA) is 30.7 Å². The Morgan fingerprint density at radius 3 is 2.88 bits per heavy atom. The van der Waals surface area contributed by atoms with Crippen molar-refractivity contribution < 1.29 is 0 Å². The van der Waals surface area contributed by atoms with Gasteiger partial charge in [-0.05, 0) is 31.0 Å². The van der Waals surface area contributed by atoms with E-state index in [-0.39, 0.29) is 5.38 Å². The number of alkyl halides is 1. The number of benzene rings is 1. The molecule has 0 radical (unpaired) electrons. The van der Waals surface area contributed by atoms with Crippen molar-refractivity contribution in [1.82, 2.24) is 15.0 Å². The molecule has 0 fully saturated rings. The molecule has 0 saturated carbocycles. The lowest BCUT2D eigenvalue weighted by molar-refractivity contribution is 0.785. The molecule has 90 valence electrons. The fraction of sp³-hybridized carbons (Fsp3) is 0.333. The Labute approximate surface area is 114 Å². The van der Waals surface area contributed by atoms with E-state index in [4.69, 9.17) is 11.6 Å². The monoisotopic (exact) mass is 313 g/mol. The molecule has 1 atom stereocenters. The normalized spacial score (nSPS) is 12.7. The highest BCUT2D eigenvalue weighted by Gasteiger charge is 2.11. The molecule has 5 heteroatoms. The summed E-state index contributed by atoms with van der Waals surface area (Å²) in [5, 5.41) is 8.10. The van der Waals surface area contributed by atoms with Gasteiger partial charge in [0.25, 0.3) is 0 Å². The summed E-state index contributed by atoms with van der Waals surface area (Å²) in [4.78, 5) is 0. The van der Waals surface area contributed by atoms with Crippen molar-refractivity contribution in [1.29, 1.82) is 0 Å². The smallest absolute Gasteiger partial charge is 0.101 e. The summed E-state index contributed by atoms with van der Waals surface area (Å²) in [7, 11) is 0. The van der Waals surface area contributed by atoms with Crippen molar-refractivity contribution in [3.8, 4) is 5.69 Å². The van der Waals surface area contributed by atoms with Crippen LogP contribution in [-0.2, 0) is 0 Å². The third-order valence-corrected chi connectivity index (χ3v) is 4.00. The molecule has 0 aliphatic rings. The van der Waals surface area contributed by atoms with E-state index in [9.17, 15) is 0 Å². The second-order valence-corrected chi connectivity index (χ2v) is 5.28. The Bertz CT molecular complexity index is 524. The highest BCUT2D eigenvalue weighted by molar-refractivity contribution is 9.10. The van der Waals surface area contributed by atoms with Gasteiger partial charge in [0.1, 0.15) is 5.69 Å². The van der Waals surface area contributed by atoms with Gasteiger partial charge in [0.05, 0.1) is 17.3 Å². The summed E-state index contributed by atoms with van der Waals surface area (Å²) in [5.74, 6) is 0. The second kappa shape index (κ2) is 5.19. The SMILES string of the molecule is CCC(Cl)c1cn(-c2ccc(C)c(Br)c2)nn1. The van der Waals surface area contributed by atoms with E-state index in [0.29, 0.717) is 0 Å². The van der Waals surface area contributed by atoms with Crippen molar-refractivity contribution in [2.24, 2.45) is 0 Å². The van der Waals surface area contributed by atoms with Crippen LogP contribution in [0.2, 0.25) is 0 Å². The minimum Gasteiger partial charge on any atom is -0.220 e. The maximum atomic E-state index is 6.12. The average Bonchev–Trinajstić information content (AvgIpc) is 2.81. The van der Waals surface area contributed by atoms with Gasteiger partial charge in [-0.15, -0.1) is 16.7 Å². The second-order valence-electron chi connectivity index (χ2n) is 3.90. The molecular weight excluding hydrogens is 302 g/mol. The maximum absolute atomic E-state index is 6.12. The molecule has 2 aromatic rings. The molecule has 17 heavy (non-hydrogen) atoms. The third-order valence-electron chi connectivity index (χ3n) is 2.61. The van der Waals surface area contributed by atoms with Gasteiger partial charge in [-0.2, -0.15) is 0 Å². The zero-order valence-electron chi connectivity index (χ0n) is 9.69. The molecule has 1 aromatic carbocycles. The molecule has 0 spiro atoms. The van der Waals surface area contributed by atoms with Crippen LogP contribution in [0.3, 0.4) is 0 Å². The number of aromatic nitrogens is 3. The van der Waals surface area contributed by atoms with E-state index in [1.54, 1.807) is 4.68 Å². The van der Waals surface area contributed by atoms with Crippen LogP contribution in [-0.4, -0.2) is 15.0 Å². The molecule has 1 heterocycles. The van der Waals surface area contributed by atoms with Crippen LogP contribution < -0.4 is 0 Å². The minimum atomic E-state index is -0.0716. The Morgan fingerprint density at radius 1 is 1.47 bits per heavy atom. The number of halogens is 2. The summed E-state index contributed by atoms with van der Waals surface area (Å²) in [6, 6.07) is 6.06. The summed E-state index contributed by atoms with van der Waals surface area (Å²) in [6.45, 7) is 4.08. The van der Waals surface area contributed by atoms with E-state index in [1.165, 1.54) is 5.56 Å². The van der Waals surface area contributed by atoms with Gasteiger partial charge in [0, 0.05) is 4.47 Å². The zero-order chi connectivity index (χ0) is 12.4. The number of hydrogen-bond acceptors (Lipinski definition) is 2. The Morgan fingerprint density at radius 2 is 2.24 bits per heavy atom. The number of aryl methyl sites for hydroxylation is 1. The predicted octanol–water partition coefficient (Wildman–Crippen LogP) is 4.03.